The molecule has 3 nitrogen and oxygen atoms in total. The molecule has 0 bridgehead atoms. The normalized spacial score (nSPS) is 11.7. The first kappa shape index (κ1) is 33.9. The SMILES string of the molecule is O=[P+](OCCSC(c1ccccc1)(c1ccccc1)c1ccccc1)OCCSC(c1ccccc1)(c1ccccc1)c1ccccc1. The molecule has 0 atom stereocenters. The van der Waals surface area contributed by atoms with E-state index in [0.29, 0.717) is 24.7 Å². The zero-order chi connectivity index (χ0) is 32.9. The van der Waals surface area contributed by atoms with E-state index in [0.717, 1.165) is 0 Å². The monoisotopic (exact) mass is 685 g/mol. The molecule has 6 aromatic carbocycles. The number of hydrogen-bond acceptors (Lipinski definition) is 5. The first-order chi connectivity index (χ1) is 23.7. The average molecular weight is 686 g/mol. The fraction of sp³-hybridized carbons (Fsp3) is 0.143. The maximum atomic E-state index is 13.0. The van der Waals surface area contributed by atoms with Gasteiger partial charge in [-0.1, -0.05) is 182 Å². The van der Waals surface area contributed by atoms with Crippen LogP contribution in [0, 0.1) is 0 Å². The van der Waals surface area contributed by atoms with Crippen LogP contribution in [0.5, 0.6) is 0 Å². The lowest BCUT2D eigenvalue weighted by Gasteiger charge is -2.35. The van der Waals surface area contributed by atoms with Gasteiger partial charge in [0, 0.05) is 16.1 Å². The van der Waals surface area contributed by atoms with Gasteiger partial charge in [0.2, 0.25) is 0 Å². The van der Waals surface area contributed by atoms with E-state index in [-0.39, 0.29) is 0 Å². The third kappa shape index (κ3) is 7.68. The molecule has 6 heteroatoms. The Morgan fingerprint density at radius 1 is 0.375 bits per heavy atom. The topological polar surface area (TPSA) is 35.5 Å². The van der Waals surface area contributed by atoms with Crippen molar-refractivity contribution in [3.8, 4) is 0 Å². The molecule has 0 heterocycles. The lowest BCUT2D eigenvalue weighted by Crippen LogP contribution is -2.26. The fourth-order valence-electron chi connectivity index (χ4n) is 6.19. The summed E-state index contributed by atoms with van der Waals surface area (Å²) in [4.78, 5) is 0. The summed E-state index contributed by atoms with van der Waals surface area (Å²) in [7, 11) is -2.28. The Morgan fingerprint density at radius 2 is 0.583 bits per heavy atom. The standard InChI is InChI=1S/C42H38O3PS2/c43-46(44-31-33-47-41(35-19-7-1-8-20-35,36-21-9-2-10-22-36)37-23-11-3-12-24-37)45-32-34-48-42(38-25-13-4-14-26-38,39-27-15-5-16-28-39)40-29-17-6-18-30-40/h1-30H,31-34H2/q+1. The maximum Gasteiger partial charge on any atom is 0.697 e. The van der Waals surface area contributed by atoms with Gasteiger partial charge in [-0.05, 0) is 33.4 Å². The Balaban J connectivity index is 1.12. The summed E-state index contributed by atoms with van der Waals surface area (Å²) in [5.74, 6) is 1.24. The first-order valence-corrected chi connectivity index (χ1v) is 19.1. The number of benzene rings is 6. The second kappa shape index (κ2) is 16.9. The zero-order valence-corrected chi connectivity index (χ0v) is 29.2. The summed E-state index contributed by atoms with van der Waals surface area (Å²) in [5, 5.41) is 0. The van der Waals surface area contributed by atoms with Gasteiger partial charge in [-0.3, -0.25) is 0 Å². The summed E-state index contributed by atoms with van der Waals surface area (Å²) in [5.41, 5.74) is 7.10. The quantitative estimate of drug-likeness (QED) is 0.0576. The van der Waals surface area contributed by atoms with Gasteiger partial charge in [0.15, 0.2) is 0 Å². The average Bonchev–Trinajstić information content (AvgIpc) is 3.17. The van der Waals surface area contributed by atoms with Crippen LogP contribution in [-0.4, -0.2) is 24.7 Å². The molecule has 6 rings (SSSR count). The van der Waals surface area contributed by atoms with Crippen molar-refractivity contribution in [2.24, 2.45) is 0 Å². The van der Waals surface area contributed by atoms with E-state index in [1.54, 1.807) is 23.5 Å². The molecule has 0 aliphatic carbocycles. The Hall–Kier alpha value is -3.96. The maximum absolute atomic E-state index is 13.0. The molecule has 0 radical (unpaired) electrons. The summed E-state index contributed by atoms with van der Waals surface area (Å²) in [6.07, 6.45) is 0. The molecular formula is C42H38O3PS2+. The Bertz CT molecular complexity index is 1500. The van der Waals surface area contributed by atoms with E-state index in [2.05, 4.69) is 146 Å². The van der Waals surface area contributed by atoms with Crippen molar-refractivity contribution in [1.29, 1.82) is 0 Å². The van der Waals surface area contributed by atoms with E-state index in [1.165, 1.54) is 33.4 Å². The molecule has 240 valence electrons. The van der Waals surface area contributed by atoms with Crippen LogP contribution in [0.1, 0.15) is 33.4 Å². The number of rotatable bonds is 16. The minimum absolute atomic E-state index is 0.295. The molecule has 6 aromatic rings. The Labute approximate surface area is 293 Å². The van der Waals surface area contributed by atoms with Gasteiger partial charge >= 0.3 is 8.25 Å². The Kier molecular flexibility index (Phi) is 12.0. The number of thioether (sulfide) groups is 2. The van der Waals surface area contributed by atoms with Gasteiger partial charge in [-0.15, -0.1) is 32.6 Å². The summed E-state index contributed by atoms with van der Waals surface area (Å²) >= 11 is 3.56. The highest BCUT2D eigenvalue weighted by molar-refractivity contribution is 8.00. The highest BCUT2D eigenvalue weighted by Crippen LogP contribution is 2.50. The van der Waals surface area contributed by atoms with Crippen LogP contribution in [0.2, 0.25) is 0 Å². The fourth-order valence-corrected chi connectivity index (χ4v) is 9.75. The molecule has 0 unspecified atom stereocenters. The van der Waals surface area contributed by atoms with Crippen LogP contribution in [-0.2, 0) is 23.1 Å². The highest BCUT2D eigenvalue weighted by Gasteiger charge is 2.38. The predicted octanol–water partition coefficient (Wildman–Crippen LogP) is 11.1. The van der Waals surface area contributed by atoms with Crippen molar-refractivity contribution in [3.05, 3.63) is 215 Å². The van der Waals surface area contributed by atoms with Crippen LogP contribution < -0.4 is 0 Å². The van der Waals surface area contributed by atoms with Crippen molar-refractivity contribution in [2.75, 3.05) is 24.7 Å². The van der Waals surface area contributed by atoms with Gasteiger partial charge in [0.1, 0.15) is 13.2 Å². The number of hydrogen-bond donors (Lipinski definition) is 0. The molecule has 0 saturated heterocycles. The van der Waals surface area contributed by atoms with Gasteiger partial charge < -0.3 is 0 Å². The van der Waals surface area contributed by atoms with Gasteiger partial charge in [0.05, 0.1) is 9.49 Å². The summed E-state index contributed by atoms with van der Waals surface area (Å²) in [6.45, 7) is 0.590. The molecule has 0 fully saturated rings. The van der Waals surface area contributed by atoms with Crippen molar-refractivity contribution < 1.29 is 13.6 Å². The zero-order valence-electron chi connectivity index (χ0n) is 26.6. The van der Waals surface area contributed by atoms with Gasteiger partial charge in [-0.25, -0.2) is 0 Å². The minimum Gasteiger partial charge on any atom is -0.138 e. The lowest BCUT2D eigenvalue weighted by atomic mass is 9.84. The van der Waals surface area contributed by atoms with Crippen LogP contribution >= 0.6 is 31.8 Å². The molecule has 0 aromatic heterocycles. The predicted molar refractivity (Wildman–Crippen MR) is 203 cm³/mol. The van der Waals surface area contributed by atoms with E-state index >= 15 is 0 Å². The molecule has 0 spiro atoms. The van der Waals surface area contributed by atoms with E-state index < -0.39 is 17.7 Å². The molecule has 0 saturated carbocycles. The largest absolute Gasteiger partial charge is 0.697 e. The first-order valence-electron chi connectivity index (χ1n) is 16.1. The van der Waals surface area contributed by atoms with Gasteiger partial charge in [-0.2, -0.15) is 0 Å². The highest BCUT2D eigenvalue weighted by atomic mass is 32.2. The van der Waals surface area contributed by atoms with Crippen LogP contribution in [0.15, 0.2) is 182 Å². The Morgan fingerprint density at radius 3 is 0.792 bits per heavy atom. The molecule has 0 aliphatic rings. The third-order valence-corrected chi connectivity index (χ3v) is 12.1. The second-order valence-corrected chi connectivity index (χ2v) is 14.7. The summed E-state index contributed by atoms with van der Waals surface area (Å²) < 4.78 is 23.7. The van der Waals surface area contributed by atoms with Crippen molar-refractivity contribution in [3.63, 3.8) is 0 Å². The van der Waals surface area contributed by atoms with Crippen LogP contribution in [0.4, 0.5) is 0 Å². The van der Waals surface area contributed by atoms with Crippen molar-refractivity contribution >= 4 is 31.8 Å². The lowest BCUT2D eigenvalue weighted by molar-refractivity contribution is 0.246. The van der Waals surface area contributed by atoms with Crippen LogP contribution in [0.25, 0.3) is 0 Å². The van der Waals surface area contributed by atoms with E-state index in [1.807, 2.05) is 36.4 Å². The molecular weight excluding hydrogens is 648 g/mol. The smallest absolute Gasteiger partial charge is 0.138 e. The van der Waals surface area contributed by atoms with E-state index in [4.69, 9.17) is 9.05 Å². The van der Waals surface area contributed by atoms with Crippen LogP contribution in [0.3, 0.4) is 0 Å². The minimum atomic E-state index is -2.28. The van der Waals surface area contributed by atoms with Crippen molar-refractivity contribution in [2.45, 2.75) is 9.49 Å². The molecule has 0 aliphatic heterocycles. The second-order valence-electron chi connectivity index (χ2n) is 11.1. The third-order valence-electron chi connectivity index (χ3n) is 8.28. The van der Waals surface area contributed by atoms with Crippen molar-refractivity contribution in [1.82, 2.24) is 0 Å². The van der Waals surface area contributed by atoms with Gasteiger partial charge in [0.25, 0.3) is 0 Å². The summed E-state index contributed by atoms with van der Waals surface area (Å²) in [6, 6.07) is 63.3. The molecule has 48 heavy (non-hydrogen) atoms. The van der Waals surface area contributed by atoms with E-state index in [9.17, 15) is 4.57 Å². The molecule has 0 N–H and O–H groups in total. The molecule has 0 amide bonds.